The van der Waals surface area contributed by atoms with Crippen LogP contribution in [0.2, 0.25) is 0 Å². The summed E-state index contributed by atoms with van der Waals surface area (Å²) >= 11 is 0. The largest absolute Gasteiger partial charge is 0.350 e. The summed E-state index contributed by atoms with van der Waals surface area (Å²) in [5.74, 6) is -0.830. The molecular weight excluding hydrogens is 402 g/mol. The lowest BCUT2D eigenvalue weighted by atomic mass is 9.93. The molecule has 1 unspecified atom stereocenters. The molecule has 160 valence electrons. The number of para-hydroxylation sites is 1. The fraction of sp³-hybridized carbons (Fsp3) is 0.364. The summed E-state index contributed by atoms with van der Waals surface area (Å²) in [6.07, 6.45) is 1.73. The lowest BCUT2D eigenvalue weighted by Gasteiger charge is -2.47. The SMILES string of the molecule is CCc1ccccc1N1C(=O)CN(S(C)(=O)=O)CC1(C)C(=O)NCc1ccccc1. The molecule has 1 fully saturated rings. The quantitative estimate of drug-likeness (QED) is 0.760. The van der Waals surface area contributed by atoms with Crippen molar-refractivity contribution in [2.75, 3.05) is 24.2 Å². The van der Waals surface area contributed by atoms with Crippen LogP contribution >= 0.6 is 0 Å². The van der Waals surface area contributed by atoms with E-state index in [0.717, 1.165) is 21.7 Å². The molecule has 1 aliphatic heterocycles. The minimum atomic E-state index is -3.65. The molecule has 3 rings (SSSR count). The highest BCUT2D eigenvalue weighted by molar-refractivity contribution is 7.88. The normalized spacial score (nSPS) is 20.2. The van der Waals surface area contributed by atoms with Crippen LogP contribution in [0.1, 0.15) is 25.0 Å². The van der Waals surface area contributed by atoms with Crippen LogP contribution in [0, 0.1) is 0 Å². The van der Waals surface area contributed by atoms with Gasteiger partial charge in [0.2, 0.25) is 21.8 Å². The molecule has 1 atom stereocenters. The van der Waals surface area contributed by atoms with Gasteiger partial charge in [0.05, 0.1) is 12.8 Å². The first-order valence-electron chi connectivity index (χ1n) is 9.85. The molecule has 1 saturated heterocycles. The lowest BCUT2D eigenvalue weighted by molar-refractivity contribution is -0.133. The molecule has 1 heterocycles. The lowest BCUT2D eigenvalue weighted by Crippen LogP contribution is -2.70. The summed E-state index contributed by atoms with van der Waals surface area (Å²) in [4.78, 5) is 28.0. The van der Waals surface area contributed by atoms with Gasteiger partial charge < -0.3 is 5.32 Å². The number of piperazine rings is 1. The molecule has 2 amide bonds. The average molecular weight is 430 g/mol. The molecule has 0 radical (unpaired) electrons. The number of nitrogens with zero attached hydrogens (tertiary/aromatic N) is 2. The Labute approximate surface area is 177 Å². The summed E-state index contributed by atoms with van der Waals surface area (Å²) in [5.41, 5.74) is 1.08. The van der Waals surface area contributed by atoms with Gasteiger partial charge in [-0.15, -0.1) is 0 Å². The predicted octanol–water partition coefficient (Wildman–Crippen LogP) is 1.93. The molecule has 8 heteroatoms. The van der Waals surface area contributed by atoms with E-state index in [1.165, 1.54) is 4.90 Å². The number of benzene rings is 2. The van der Waals surface area contributed by atoms with Crippen LogP contribution in [0.3, 0.4) is 0 Å². The van der Waals surface area contributed by atoms with Gasteiger partial charge in [-0.3, -0.25) is 14.5 Å². The Morgan fingerprint density at radius 1 is 1.10 bits per heavy atom. The van der Waals surface area contributed by atoms with Crippen molar-refractivity contribution in [1.29, 1.82) is 0 Å². The molecule has 0 spiro atoms. The summed E-state index contributed by atoms with van der Waals surface area (Å²) in [5, 5.41) is 2.88. The Morgan fingerprint density at radius 3 is 2.37 bits per heavy atom. The smallest absolute Gasteiger partial charge is 0.247 e. The Kier molecular flexibility index (Phi) is 6.28. The van der Waals surface area contributed by atoms with Gasteiger partial charge in [-0.05, 0) is 30.5 Å². The van der Waals surface area contributed by atoms with Crippen molar-refractivity contribution in [3.63, 3.8) is 0 Å². The molecule has 7 nitrogen and oxygen atoms in total. The molecule has 0 bridgehead atoms. The highest BCUT2D eigenvalue weighted by atomic mass is 32.2. The van der Waals surface area contributed by atoms with E-state index in [1.807, 2.05) is 55.5 Å². The van der Waals surface area contributed by atoms with E-state index in [4.69, 9.17) is 0 Å². The average Bonchev–Trinajstić information content (AvgIpc) is 2.72. The van der Waals surface area contributed by atoms with Crippen molar-refractivity contribution < 1.29 is 18.0 Å². The predicted molar refractivity (Wildman–Crippen MR) is 116 cm³/mol. The van der Waals surface area contributed by atoms with Crippen LogP contribution in [0.4, 0.5) is 5.69 Å². The molecule has 2 aromatic carbocycles. The van der Waals surface area contributed by atoms with E-state index >= 15 is 0 Å². The molecule has 0 saturated carbocycles. The fourth-order valence-electron chi connectivity index (χ4n) is 3.77. The Morgan fingerprint density at radius 2 is 1.73 bits per heavy atom. The standard InChI is InChI=1S/C22H27N3O4S/c1-4-18-12-8-9-13-19(18)25-20(26)15-24(30(3,28)29)16-22(25,2)21(27)23-14-17-10-6-5-7-11-17/h5-13H,4,14-16H2,1-3H3,(H,23,27). The van der Waals surface area contributed by atoms with Crippen molar-refractivity contribution in [2.45, 2.75) is 32.4 Å². The van der Waals surface area contributed by atoms with Gasteiger partial charge in [-0.1, -0.05) is 55.5 Å². The number of amides is 2. The zero-order valence-corrected chi connectivity index (χ0v) is 18.3. The number of anilines is 1. The third-order valence-electron chi connectivity index (χ3n) is 5.41. The van der Waals surface area contributed by atoms with Gasteiger partial charge in [0.1, 0.15) is 5.54 Å². The van der Waals surface area contributed by atoms with Crippen molar-refractivity contribution >= 4 is 27.5 Å². The zero-order chi connectivity index (χ0) is 21.9. The number of aryl methyl sites for hydroxylation is 1. The third-order valence-corrected chi connectivity index (χ3v) is 6.60. The zero-order valence-electron chi connectivity index (χ0n) is 17.5. The number of carbonyl (C=O) groups is 2. The minimum absolute atomic E-state index is 0.115. The number of hydrogen-bond donors (Lipinski definition) is 1. The first kappa shape index (κ1) is 22.0. The van der Waals surface area contributed by atoms with Crippen LogP contribution in [0.25, 0.3) is 0 Å². The highest BCUT2D eigenvalue weighted by Crippen LogP contribution is 2.33. The van der Waals surface area contributed by atoms with Crippen LogP contribution in [0.5, 0.6) is 0 Å². The van der Waals surface area contributed by atoms with E-state index in [2.05, 4.69) is 5.32 Å². The van der Waals surface area contributed by atoms with Gasteiger partial charge in [-0.2, -0.15) is 4.31 Å². The van der Waals surface area contributed by atoms with E-state index in [1.54, 1.807) is 13.0 Å². The second-order valence-corrected chi connectivity index (χ2v) is 9.67. The summed E-state index contributed by atoms with van der Waals surface area (Å²) < 4.78 is 25.5. The third kappa shape index (κ3) is 4.39. The highest BCUT2D eigenvalue weighted by Gasteiger charge is 2.50. The molecule has 0 aromatic heterocycles. The minimum Gasteiger partial charge on any atom is -0.350 e. The molecule has 30 heavy (non-hydrogen) atoms. The maximum absolute atomic E-state index is 13.4. The number of nitrogens with one attached hydrogen (secondary N) is 1. The van der Waals surface area contributed by atoms with Crippen molar-refractivity contribution in [2.24, 2.45) is 0 Å². The maximum atomic E-state index is 13.4. The van der Waals surface area contributed by atoms with Gasteiger partial charge in [0.25, 0.3) is 0 Å². The van der Waals surface area contributed by atoms with Gasteiger partial charge >= 0.3 is 0 Å². The van der Waals surface area contributed by atoms with Gasteiger partial charge in [-0.25, -0.2) is 8.42 Å². The molecule has 1 N–H and O–H groups in total. The van der Waals surface area contributed by atoms with Crippen molar-refractivity contribution in [3.05, 3.63) is 65.7 Å². The number of sulfonamides is 1. The second-order valence-electron chi connectivity index (χ2n) is 7.68. The Balaban J connectivity index is 2.00. The number of carbonyl (C=O) groups excluding carboxylic acids is 2. The Hall–Kier alpha value is -2.71. The number of rotatable bonds is 6. The first-order valence-corrected chi connectivity index (χ1v) is 11.7. The van der Waals surface area contributed by atoms with E-state index in [0.29, 0.717) is 12.1 Å². The molecular formula is C22H27N3O4S. The first-order chi connectivity index (χ1) is 14.2. The van der Waals surface area contributed by atoms with Crippen LogP contribution < -0.4 is 10.2 Å². The van der Waals surface area contributed by atoms with Crippen molar-refractivity contribution in [3.8, 4) is 0 Å². The summed E-state index contributed by atoms with van der Waals surface area (Å²) in [6.45, 7) is 3.47. The van der Waals surface area contributed by atoms with E-state index in [9.17, 15) is 18.0 Å². The van der Waals surface area contributed by atoms with Crippen LogP contribution in [-0.2, 0) is 32.6 Å². The topological polar surface area (TPSA) is 86.8 Å². The monoisotopic (exact) mass is 429 g/mol. The van der Waals surface area contributed by atoms with E-state index in [-0.39, 0.29) is 19.6 Å². The summed E-state index contributed by atoms with van der Waals surface area (Å²) in [7, 11) is -3.65. The summed E-state index contributed by atoms with van der Waals surface area (Å²) in [6, 6.07) is 16.8. The maximum Gasteiger partial charge on any atom is 0.247 e. The van der Waals surface area contributed by atoms with E-state index < -0.39 is 27.4 Å². The fourth-order valence-corrected chi connectivity index (χ4v) is 4.60. The molecule has 2 aromatic rings. The van der Waals surface area contributed by atoms with Crippen molar-refractivity contribution in [1.82, 2.24) is 9.62 Å². The van der Waals surface area contributed by atoms with Gasteiger partial charge in [0.15, 0.2) is 0 Å². The number of hydrogen-bond acceptors (Lipinski definition) is 4. The van der Waals surface area contributed by atoms with Gasteiger partial charge in [0, 0.05) is 18.8 Å². The second kappa shape index (κ2) is 8.57. The Bertz CT molecular complexity index is 1040. The molecule has 1 aliphatic rings. The molecule has 0 aliphatic carbocycles. The van der Waals surface area contributed by atoms with Crippen LogP contribution in [0.15, 0.2) is 54.6 Å². The van der Waals surface area contributed by atoms with Crippen LogP contribution in [-0.4, -0.2) is 49.4 Å².